The molecular weight excluding hydrogens is 310 g/mol. The average molecular weight is 333 g/mol. The predicted octanol–water partition coefficient (Wildman–Crippen LogP) is 1.51. The number of hydrogen-bond donors (Lipinski definition) is 1. The molecule has 0 spiro atoms. The van der Waals surface area contributed by atoms with Crippen LogP contribution in [0.2, 0.25) is 0 Å². The summed E-state index contributed by atoms with van der Waals surface area (Å²) in [5.41, 5.74) is 6.00. The van der Waals surface area contributed by atoms with Crippen LogP contribution in [0.3, 0.4) is 0 Å². The van der Waals surface area contributed by atoms with E-state index in [1.54, 1.807) is 28.8 Å². The molecule has 8 heteroatoms. The van der Waals surface area contributed by atoms with Crippen molar-refractivity contribution in [2.45, 2.75) is 44.9 Å². The van der Waals surface area contributed by atoms with Crippen LogP contribution in [0.25, 0.3) is 0 Å². The summed E-state index contributed by atoms with van der Waals surface area (Å²) in [5, 5.41) is 8.13. The van der Waals surface area contributed by atoms with E-state index in [0.29, 0.717) is 30.4 Å². The highest BCUT2D eigenvalue weighted by molar-refractivity contribution is 5.92. The molecule has 1 saturated heterocycles. The second-order valence-electron chi connectivity index (χ2n) is 6.44. The number of carbonyl (C=O) groups is 1. The lowest BCUT2D eigenvalue weighted by molar-refractivity contribution is 0.0669. The number of hydrogen-bond acceptors (Lipinski definition) is 6. The quantitative estimate of drug-likeness (QED) is 0.890. The molecule has 1 fully saturated rings. The Morgan fingerprint density at radius 1 is 1.54 bits per heavy atom. The number of aromatic nitrogens is 3. The molecule has 0 unspecified atom stereocenters. The molecule has 2 N–H and O–H groups in total. The van der Waals surface area contributed by atoms with E-state index in [-0.39, 0.29) is 24.0 Å². The van der Waals surface area contributed by atoms with Gasteiger partial charge in [0.25, 0.3) is 5.91 Å². The first-order chi connectivity index (χ1) is 11.5. The number of ether oxygens (including phenoxy) is 1. The Hall–Kier alpha value is -2.35. The van der Waals surface area contributed by atoms with Gasteiger partial charge in [-0.2, -0.15) is 5.10 Å². The Labute approximate surface area is 140 Å². The number of nitrogens with zero attached hydrogens (tertiary/aromatic N) is 4. The van der Waals surface area contributed by atoms with E-state index in [1.807, 2.05) is 20.0 Å². The third-order valence-corrected chi connectivity index (χ3v) is 4.35. The molecule has 8 nitrogen and oxygen atoms in total. The third-order valence-electron chi connectivity index (χ3n) is 4.35. The van der Waals surface area contributed by atoms with Gasteiger partial charge >= 0.3 is 0 Å². The summed E-state index contributed by atoms with van der Waals surface area (Å²) >= 11 is 0. The van der Waals surface area contributed by atoms with Crippen molar-refractivity contribution in [1.29, 1.82) is 0 Å². The molecule has 24 heavy (non-hydrogen) atoms. The van der Waals surface area contributed by atoms with Gasteiger partial charge in [-0.25, -0.2) is 0 Å². The molecule has 0 bridgehead atoms. The van der Waals surface area contributed by atoms with E-state index in [1.165, 1.54) is 0 Å². The highest BCUT2D eigenvalue weighted by Gasteiger charge is 2.37. The fourth-order valence-electron chi connectivity index (χ4n) is 2.97. The molecule has 2 atom stereocenters. The van der Waals surface area contributed by atoms with Gasteiger partial charge in [0, 0.05) is 31.8 Å². The molecule has 2 aromatic heterocycles. The molecule has 2 aromatic rings. The van der Waals surface area contributed by atoms with Crippen LogP contribution in [0.15, 0.2) is 22.9 Å². The van der Waals surface area contributed by atoms with Gasteiger partial charge in [-0.05, 0) is 12.5 Å². The number of rotatable bonds is 5. The summed E-state index contributed by atoms with van der Waals surface area (Å²) in [6, 6.07) is 3.43. The third kappa shape index (κ3) is 3.28. The number of methoxy groups -OCH3 is 1. The maximum Gasteiger partial charge on any atom is 0.276 e. The lowest BCUT2D eigenvalue weighted by Gasteiger charge is -2.23. The van der Waals surface area contributed by atoms with E-state index in [0.717, 1.165) is 6.42 Å². The number of carbonyl (C=O) groups excluding carboxylic acids is 1. The summed E-state index contributed by atoms with van der Waals surface area (Å²) in [7, 11) is 1.66. The van der Waals surface area contributed by atoms with Crippen LogP contribution >= 0.6 is 0 Å². The Kier molecular flexibility index (Phi) is 4.57. The number of amides is 1. The molecule has 3 heterocycles. The Morgan fingerprint density at radius 3 is 2.92 bits per heavy atom. The van der Waals surface area contributed by atoms with Crippen molar-refractivity contribution in [1.82, 2.24) is 19.8 Å². The maximum absolute atomic E-state index is 12.8. The number of nitrogens with two attached hydrogens (primary N) is 1. The van der Waals surface area contributed by atoms with Crippen LogP contribution in [0.4, 0.5) is 5.82 Å². The summed E-state index contributed by atoms with van der Waals surface area (Å²) in [6.45, 7) is 5.09. The number of likely N-dealkylation sites (tertiary alicyclic amines) is 1. The van der Waals surface area contributed by atoms with E-state index in [2.05, 4.69) is 10.3 Å². The number of anilines is 1. The Balaban J connectivity index is 1.78. The highest BCUT2D eigenvalue weighted by atomic mass is 16.5. The fraction of sp³-hybridized carbons (Fsp3) is 0.562. The van der Waals surface area contributed by atoms with Gasteiger partial charge in [-0.1, -0.05) is 19.0 Å². The molecule has 1 aliphatic rings. The molecule has 0 aromatic carbocycles. The largest absolute Gasteiger partial charge is 0.382 e. The van der Waals surface area contributed by atoms with Crippen molar-refractivity contribution >= 4 is 11.7 Å². The van der Waals surface area contributed by atoms with Crippen molar-refractivity contribution in [3.05, 3.63) is 29.8 Å². The molecule has 3 rings (SSSR count). The van der Waals surface area contributed by atoms with E-state index < -0.39 is 0 Å². The normalized spacial score (nSPS) is 20.9. The number of nitrogen functional groups attached to an aromatic ring is 1. The zero-order valence-electron chi connectivity index (χ0n) is 14.2. The van der Waals surface area contributed by atoms with E-state index in [9.17, 15) is 4.79 Å². The minimum Gasteiger partial charge on any atom is -0.382 e. The van der Waals surface area contributed by atoms with Crippen LogP contribution in [0.5, 0.6) is 0 Å². The summed E-state index contributed by atoms with van der Waals surface area (Å²) in [4.78, 5) is 14.6. The molecule has 0 saturated carbocycles. The molecular formula is C16H23N5O3. The maximum atomic E-state index is 12.8. The standard InChI is InChI=1S/C16H23N5O3/c1-10(2)14-7-13(19-24-14)16(22)21-9-12(23-3)6-11(21)8-20-5-4-15(17)18-20/h4-5,7,10-12H,6,8-9H2,1-3H3,(H2,17,18)/t11-,12+/m0/s1. The van der Waals surface area contributed by atoms with Crippen molar-refractivity contribution in [2.24, 2.45) is 0 Å². The molecule has 0 aliphatic carbocycles. The first-order valence-corrected chi connectivity index (χ1v) is 8.07. The zero-order valence-corrected chi connectivity index (χ0v) is 14.2. The Morgan fingerprint density at radius 2 is 2.33 bits per heavy atom. The second-order valence-corrected chi connectivity index (χ2v) is 6.44. The van der Waals surface area contributed by atoms with Crippen LogP contribution in [-0.4, -0.2) is 51.5 Å². The van der Waals surface area contributed by atoms with Crippen molar-refractivity contribution < 1.29 is 14.1 Å². The van der Waals surface area contributed by atoms with Gasteiger partial charge in [0.05, 0.1) is 18.7 Å². The molecule has 0 radical (unpaired) electrons. The van der Waals surface area contributed by atoms with Gasteiger partial charge in [0.2, 0.25) is 0 Å². The summed E-state index contributed by atoms with van der Waals surface area (Å²) in [5.74, 6) is 1.21. The monoisotopic (exact) mass is 333 g/mol. The average Bonchev–Trinajstić information content (AvgIpc) is 3.26. The van der Waals surface area contributed by atoms with Gasteiger partial charge in [0.15, 0.2) is 5.69 Å². The van der Waals surface area contributed by atoms with Crippen LogP contribution in [0, 0.1) is 0 Å². The topological polar surface area (TPSA) is 99.4 Å². The lowest BCUT2D eigenvalue weighted by atomic mass is 10.1. The lowest BCUT2D eigenvalue weighted by Crippen LogP contribution is -2.38. The van der Waals surface area contributed by atoms with Crippen molar-refractivity contribution in [3.63, 3.8) is 0 Å². The van der Waals surface area contributed by atoms with Crippen LogP contribution in [0.1, 0.15) is 42.4 Å². The second kappa shape index (κ2) is 6.64. The van der Waals surface area contributed by atoms with Crippen LogP contribution in [-0.2, 0) is 11.3 Å². The highest BCUT2D eigenvalue weighted by Crippen LogP contribution is 2.25. The molecule has 1 aliphatic heterocycles. The van der Waals surface area contributed by atoms with Crippen molar-refractivity contribution in [3.8, 4) is 0 Å². The summed E-state index contributed by atoms with van der Waals surface area (Å²) < 4.78 is 12.5. The van der Waals surface area contributed by atoms with Gasteiger partial charge in [-0.3, -0.25) is 9.48 Å². The SMILES string of the molecule is CO[C@@H]1C[C@@H](Cn2ccc(N)n2)N(C(=O)c2cc(C(C)C)on2)C1. The minimum absolute atomic E-state index is 0.00308. The zero-order chi connectivity index (χ0) is 17.3. The van der Waals surface area contributed by atoms with Gasteiger partial charge in [-0.15, -0.1) is 0 Å². The molecule has 130 valence electrons. The van der Waals surface area contributed by atoms with Gasteiger partial charge in [0.1, 0.15) is 11.6 Å². The fourth-order valence-corrected chi connectivity index (χ4v) is 2.97. The summed E-state index contributed by atoms with van der Waals surface area (Å²) in [6.07, 6.45) is 2.56. The molecule has 1 amide bonds. The first-order valence-electron chi connectivity index (χ1n) is 8.07. The van der Waals surface area contributed by atoms with Crippen molar-refractivity contribution in [2.75, 3.05) is 19.4 Å². The first kappa shape index (κ1) is 16.5. The smallest absolute Gasteiger partial charge is 0.276 e. The van der Waals surface area contributed by atoms with E-state index in [4.69, 9.17) is 15.0 Å². The van der Waals surface area contributed by atoms with E-state index >= 15 is 0 Å². The predicted molar refractivity (Wildman–Crippen MR) is 87.5 cm³/mol. The van der Waals surface area contributed by atoms with Gasteiger partial charge < -0.3 is 19.9 Å². The minimum atomic E-state index is -0.143. The van der Waals surface area contributed by atoms with Crippen LogP contribution < -0.4 is 5.73 Å². The Bertz CT molecular complexity index is 708.